The van der Waals surface area contributed by atoms with Crippen LogP contribution in [0, 0.1) is 0 Å². The lowest BCUT2D eigenvalue weighted by Crippen LogP contribution is -2.30. The Hall–Kier alpha value is -1.92. The van der Waals surface area contributed by atoms with Crippen LogP contribution in [0.1, 0.15) is 15.4 Å². The number of amides is 1. The van der Waals surface area contributed by atoms with Gasteiger partial charge in [0.15, 0.2) is 0 Å². The molecule has 0 aliphatic heterocycles. The lowest BCUT2D eigenvalue weighted by Gasteiger charge is -2.08. The fourth-order valence-corrected chi connectivity index (χ4v) is 2.05. The van der Waals surface area contributed by atoms with Gasteiger partial charge in [-0.2, -0.15) is 0 Å². The minimum absolute atomic E-state index is 0.120. The van der Waals surface area contributed by atoms with E-state index in [-0.39, 0.29) is 18.2 Å². The van der Waals surface area contributed by atoms with Crippen LogP contribution in [0.5, 0.6) is 0 Å². The summed E-state index contributed by atoms with van der Waals surface area (Å²) in [5.74, 6) is -0.469. The van der Waals surface area contributed by atoms with E-state index >= 15 is 0 Å². The number of thiophene rings is 1. The van der Waals surface area contributed by atoms with Crippen LogP contribution in [0.4, 0.5) is 0 Å². The van der Waals surface area contributed by atoms with Crippen molar-refractivity contribution in [1.82, 2.24) is 4.68 Å². The van der Waals surface area contributed by atoms with E-state index < -0.39 is 0 Å². The zero-order valence-electron chi connectivity index (χ0n) is 8.92. The van der Waals surface area contributed by atoms with E-state index in [2.05, 4.69) is 5.43 Å². The van der Waals surface area contributed by atoms with Crippen LogP contribution in [0.2, 0.25) is 0 Å². The summed E-state index contributed by atoms with van der Waals surface area (Å²) < 4.78 is 1.39. The molecule has 2 heterocycles. The number of nitrogens with zero attached hydrogens (tertiary/aromatic N) is 1. The number of hydrogen-bond donors (Lipinski definition) is 2. The largest absolute Gasteiger partial charge is 0.322 e. The van der Waals surface area contributed by atoms with Crippen molar-refractivity contribution >= 4 is 23.0 Å². The van der Waals surface area contributed by atoms with Crippen molar-refractivity contribution in [1.29, 1.82) is 0 Å². The molecule has 0 radical (unpaired) electrons. The predicted molar refractivity (Wildman–Crippen MR) is 65.6 cm³/mol. The maximum absolute atomic E-state index is 12.1. The lowest BCUT2D eigenvalue weighted by molar-refractivity contribution is -0.115. The van der Waals surface area contributed by atoms with Gasteiger partial charge in [-0.3, -0.25) is 19.7 Å². The van der Waals surface area contributed by atoms with Crippen molar-refractivity contribution in [2.45, 2.75) is 0 Å². The van der Waals surface area contributed by atoms with Gasteiger partial charge in [-0.1, -0.05) is 6.07 Å². The van der Waals surface area contributed by atoms with E-state index in [4.69, 9.17) is 5.73 Å². The first-order valence-corrected chi connectivity index (χ1v) is 5.86. The summed E-state index contributed by atoms with van der Waals surface area (Å²) in [6, 6.07) is 6.90. The van der Waals surface area contributed by atoms with E-state index in [0.29, 0.717) is 10.6 Å². The fraction of sp³-hybridized carbons (Fsp3) is 0.0909. The Balaban J connectivity index is 2.25. The topological polar surface area (TPSA) is 77.1 Å². The quantitative estimate of drug-likeness (QED) is 0.787. The molecular formula is C11H11N3O2S. The summed E-state index contributed by atoms with van der Waals surface area (Å²) in [4.78, 5) is 23.9. The first kappa shape index (κ1) is 11.6. The maximum atomic E-state index is 12.1. The molecule has 2 rings (SSSR count). The maximum Gasteiger partial charge on any atom is 0.252 e. The Morgan fingerprint density at radius 2 is 2.18 bits per heavy atom. The van der Waals surface area contributed by atoms with Crippen molar-refractivity contribution in [3.8, 4) is 0 Å². The second-order valence-electron chi connectivity index (χ2n) is 3.31. The van der Waals surface area contributed by atoms with Gasteiger partial charge in [0.05, 0.1) is 11.4 Å². The molecule has 0 fully saturated rings. The third kappa shape index (κ3) is 2.43. The Labute approximate surface area is 102 Å². The van der Waals surface area contributed by atoms with Crippen LogP contribution in [-0.2, 0) is 4.79 Å². The van der Waals surface area contributed by atoms with Gasteiger partial charge < -0.3 is 5.73 Å². The SMILES string of the molecule is NCC(=O)Nn1cccc1C(=O)c1cccs1. The lowest BCUT2D eigenvalue weighted by atomic mass is 10.2. The van der Waals surface area contributed by atoms with E-state index in [1.54, 1.807) is 24.4 Å². The van der Waals surface area contributed by atoms with Crippen molar-refractivity contribution in [3.05, 3.63) is 46.4 Å². The summed E-state index contributed by atoms with van der Waals surface area (Å²) in [6.45, 7) is -0.120. The van der Waals surface area contributed by atoms with E-state index in [0.717, 1.165) is 0 Å². The number of ketones is 1. The van der Waals surface area contributed by atoms with Crippen molar-refractivity contribution in [2.24, 2.45) is 5.73 Å². The summed E-state index contributed by atoms with van der Waals surface area (Å²) in [6.07, 6.45) is 1.61. The van der Waals surface area contributed by atoms with Gasteiger partial charge in [0.1, 0.15) is 5.69 Å². The molecule has 0 spiro atoms. The smallest absolute Gasteiger partial charge is 0.252 e. The van der Waals surface area contributed by atoms with Crippen LogP contribution in [0.15, 0.2) is 35.8 Å². The zero-order chi connectivity index (χ0) is 12.3. The number of carbonyl (C=O) groups is 2. The number of nitrogens with two attached hydrogens (primary N) is 1. The molecule has 0 saturated heterocycles. The highest BCUT2D eigenvalue weighted by molar-refractivity contribution is 7.12. The number of hydrogen-bond acceptors (Lipinski definition) is 4. The van der Waals surface area contributed by atoms with Gasteiger partial charge in [0.25, 0.3) is 5.91 Å². The summed E-state index contributed by atoms with van der Waals surface area (Å²) >= 11 is 1.36. The van der Waals surface area contributed by atoms with Crippen LogP contribution in [-0.4, -0.2) is 22.9 Å². The molecule has 0 unspecified atom stereocenters. The molecule has 88 valence electrons. The number of rotatable bonds is 4. The molecule has 1 amide bonds. The Kier molecular flexibility index (Phi) is 3.36. The first-order valence-electron chi connectivity index (χ1n) is 4.98. The second kappa shape index (κ2) is 4.94. The normalized spacial score (nSPS) is 10.2. The molecule has 0 saturated carbocycles. The molecule has 0 atom stereocenters. The van der Waals surface area contributed by atoms with Gasteiger partial charge in [0, 0.05) is 6.20 Å². The molecular weight excluding hydrogens is 238 g/mol. The molecule has 0 aliphatic rings. The minimum atomic E-state index is -0.346. The average Bonchev–Trinajstić information content (AvgIpc) is 2.98. The standard InChI is InChI=1S/C11H11N3O2S/c12-7-10(15)13-14-5-1-3-8(14)11(16)9-4-2-6-17-9/h1-6H,7,12H2,(H,13,15). The van der Waals surface area contributed by atoms with E-state index in [1.165, 1.54) is 16.0 Å². The molecule has 0 bridgehead atoms. The number of nitrogens with one attached hydrogen (secondary N) is 1. The molecule has 2 aromatic heterocycles. The van der Waals surface area contributed by atoms with Crippen molar-refractivity contribution in [2.75, 3.05) is 12.0 Å². The molecule has 6 heteroatoms. The van der Waals surface area contributed by atoms with Gasteiger partial charge in [-0.25, -0.2) is 0 Å². The third-order valence-corrected chi connectivity index (χ3v) is 3.03. The number of aromatic nitrogens is 1. The zero-order valence-corrected chi connectivity index (χ0v) is 9.74. The Morgan fingerprint density at radius 3 is 2.82 bits per heavy atom. The van der Waals surface area contributed by atoms with Crippen LogP contribution >= 0.6 is 11.3 Å². The fourth-order valence-electron chi connectivity index (χ4n) is 1.38. The molecule has 2 aromatic rings. The van der Waals surface area contributed by atoms with Crippen molar-refractivity contribution in [3.63, 3.8) is 0 Å². The van der Waals surface area contributed by atoms with E-state index in [9.17, 15) is 9.59 Å². The average molecular weight is 249 g/mol. The first-order chi connectivity index (χ1) is 8.22. The minimum Gasteiger partial charge on any atom is -0.322 e. The molecule has 17 heavy (non-hydrogen) atoms. The van der Waals surface area contributed by atoms with Crippen molar-refractivity contribution < 1.29 is 9.59 Å². The van der Waals surface area contributed by atoms with Gasteiger partial charge in [-0.15, -0.1) is 11.3 Å². The van der Waals surface area contributed by atoms with Gasteiger partial charge in [0.2, 0.25) is 5.78 Å². The summed E-state index contributed by atoms with van der Waals surface area (Å²) in [5, 5.41) is 1.83. The molecule has 0 aromatic carbocycles. The second-order valence-corrected chi connectivity index (χ2v) is 4.26. The highest BCUT2D eigenvalue weighted by Gasteiger charge is 2.14. The van der Waals surface area contributed by atoms with Gasteiger partial charge in [-0.05, 0) is 23.6 Å². The molecule has 3 N–H and O–H groups in total. The highest BCUT2D eigenvalue weighted by Crippen LogP contribution is 2.14. The Morgan fingerprint density at radius 1 is 1.35 bits per heavy atom. The van der Waals surface area contributed by atoms with Crippen LogP contribution < -0.4 is 11.2 Å². The number of carbonyl (C=O) groups excluding carboxylic acids is 2. The Bertz CT molecular complexity index is 531. The molecule has 5 nitrogen and oxygen atoms in total. The van der Waals surface area contributed by atoms with Gasteiger partial charge >= 0.3 is 0 Å². The third-order valence-electron chi connectivity index (χ3n) is 2.16. The molecule has 0 aliphatic carbocycles. The monoisotopic (exact) mass is 249 g/mol. The summed E-state index contributed by atoms with van der Waals surface area (Å²) in [5.41, 5.74) is 8.13. The predicted octanol–water partition coefficient (Wildman–Crippen LogP) is 0.809. The van der Waals surface area contributed by atoms with E-state index in [1.807, 2.05) is 11.4 Å². The van der Waals surface area contributed by atoms with Crippen LogP contribution in [0.25, 0.3) is 0 Å². The summed E-state index contributed by atoms with van der Waals surface area (Å²) in [7, 11) is 0. The van der Waals surface area contributed by atoms with Crippen LogP contribution in [0.3, 0.4) is 0 Å². The highest BCUT2D eigenvalue weighted by atomic mass is 32.1.